The van der Waals surface area contributed by atoms with Crippen molar-refractivity contribution in [2.75, 3.05) is 40.6 Å². The number of aliphatic hydroxyl groups is 1. The molecular weight excluding hydrogens is 322 g/mol. The lowest BCUT2D eigenvalue weighted by atomic mass is 9.81. The van der Waals surface area contributed by atoms with Gasteiger partial charge >= 0.3 is 0 Å². The quantitative estimate of drug-likeness (QED) is 0.758. The van der Waals surface area contributed by atoms with Crippen LogP contribution in [0.15, 0.2) is 23.1 Å². The summed E-state index contributed by atoms with van der Waals surface area (Å²) < 4.78 is 43.3. The third-order valence-electron chi connectivity index (χ3n) is 4.19. The van der Waals surface area contributed by atoms with E-state index in [1.165, 1.54) is 20.3 Å². The molecule has 2 N–H and O–H groups in total. The van der Waals surface area contributed by atoms with Gasteiger partial charge in [0.15, 0.2) is 0 Å². The molecule has 1 heterocycles. The van der Waals surface area contributed by atoms with E-state index in [0.29, 0.717) is 31.8 Å². The van der Waals surface area contributed by atoms with Crippen molar-refractivity contribution < 1.29 is 27.7 Å². The van der Waals surface area contributed by atoms with Crippen molar-refractivity contribution in [2.24, 2.45) is 5.41 Å². The second-order valence-corrected chi connectivity index (χ2v) is 7.35. The highest BCUT2D eigenvalue weighted by atomic mass is 32.2. The topological polar surface area (TPSA) is 94.1 Å². The third-order valence-corrected chi connectivity index (χ3v) is 5.61. The van der Waals surface area contributed by atoms with Crippen molar-refractivity contribution in [1.82, 2.24) is 4.72 Å². The van der Waals surface area contributed by atoms with E-state index in [1.807, 2.05) is 0 Å². The van der Waals surface area contributed by atoms with Gasteiger partial charge in [-0.2, -0.15) is 0 Å². The molecular formula is C15H23NO6S. The maximum absolute atomic E-state index is 12.6. The summed E-state index contributed by atoms with van der Waals surface area (Å²) in [5.74, 6) is 0.664. The molecule has 1 aromatic rings. The Labute approximate surface area is 136 Å². The molecule has 0 aliphatic carbocycles. The Hall–Kier alpha value is -1.35. The molecule has 1 fully saturated rings. The molecule has 0 aromatic heterocycles. The van der Waals surface area contributed by atoms with Gasteiger partial charge in [-0.1, -0.05) is 0 Å². The molecule has 1 aliphatic heterocycles. The van der Waals surface area contributed by atoms with Crippen molar-refractivity contribution in [3.63, 3.8) is 0 Å². The number of ether oxygens (including phenoxy) is 3. The average molecular weight is 345 g/mol. The fraction of sp³-hybridized carbons (Fsp3) is 0.600. The Morgan fingerprint density at radius 1 is 1.26 bits per heavy atom. The fourth-order valence-corrected chi connectivity index (χ4v) is 3.85. The van der Waals surface area contributed by atoms with Gasteiger partial charge in [-0.25, -0.2) is 13.1 Å². The molecule has 0 saturated carbocycles. The zero-order chi connectivity index (χ0) is 16.9. The van der Waals surface area contributed by atoms with Crippen LogP contribution in [0.5, 0.6) is 11.5 Å². The van der Waals surface area contributed by atoms with E-state index in [4.69, 9.17) is 14.2 Å². The minimum Gasteiger partial charge on any atom is -0.497 e. The van der Waals surface area contributed by atoms with E-state index in [0.717, 1.165) is 0 Å². The molecule has 1 saturated heterocycles. The van der Waals surface area contributed by atoms with Crippen LogP contribution in [0.2, 0.25) is 0 Å². The average Bonchev–Trinajstić information content (AvgIpc) is 2.60. The predicted molar refractivity (Wildman–Crippen MR) is 84.3 cm³/mol. The van der Waals surface area contributed by atoms with Gasteiger partial charge in [0.05, 0.1) is 20.8 Å². The third kappa shape index (κ3) is 4.14. The highest BCUT2D eigenvalue weighted by Crippen LogP contribution is 2.31. The Kier molecular flexibility index (Phi) is 5.85. The molecule has 0 bridgehead atoms. The smallest absolute Gasteiger partial charge is 0.244 e. The Balaban J connectivity index is 2.21. The molecule has 8 heteroatoms. The number of hydrogen-bond acceptors (Lipinski definition) is 6. The summed E-state index contributed by atoms with van der Waals surface area (Å²) in [6, 6.07) is 4.59. The SMILES string of the molecule is COc1ccc(OC)c(S(=O)(=O)NCC2(CO)CCOCC2)c1. The highest BCUT2D eigenvalue weighted by Gasteiger charge is 2.34. The molecule has 1 aliphatic rings. The summed E-state index contributed by atoms with van der Waals surface area (Å²) in [4.78, 5) is 0.0134. The molecule has 1 aromatic carbocycles. The van der Waals surface area contributed by atoms with Crippen LogP contribution in [0.1, 0.15) is 12.8 Å². The molecule has 0 unspecified atom stereocenters. The van der Waals surface area contributed by atoms with Crippen LogP contribution >= 0.6 is 0 Å². The first kappa shape index (κ1) is 18.0. The van der Waals surface area contributed by atoms with Crippen molar-refractivity contribution in [3.05, 3.63) is 18.2 Å². The Morgan fingerprint density at radius 2 is 1.96 bits per heavy atom. The van der Waals surface area contributed by atoms with Crippen molar-refractivity contribution in [2.45, 2.75) is 17.7 Å². The van der Waals surface area contributed by atoms with Crippen LogP contribution < -0.4 is 14.2 Å². The highest BCUT2D eigenvalue weighted by molar-refractivity contribution is 7.89. The van der Waals surface area contributed by atoms with E-state index in [1.54, 1.807) is 12.1 Å². The second kappa shape index (κ2) is 7.48. The molecule has 23 heavy (non-hydrogen) atoms. The van der Waals surface area contributed by atoms with Crippen LogP contribution in [-0.2, 0) is 14.8 Å². The summed E-state index contributed by atoms with van der Waals surface area (Å²) in [5, 5.41) is 9.66. The number of methoxy groups -OCH3 is 2. The molecule has 0 amide bonds. The van der Waals surface area contributed by atoms with Gasteiger partial charge in [0.1, 0.15) is 16.4 Å². The first-order valence-electron chi connectivity index (χ1n) is 7.37. The van der Waals surface area contributed by atoms with Crippen molar-refractivity contribution >= 4 is 10.0 Å². The minimum atomic E-state index is -3.79. The van der Waals surface area contributed by atoms with Gasteiger partial charge < -0.3 is 19.3 Å². The summed E-state index contributed by atoms with van der Waals surface area (Å²) in [6.45, 7) is 1.10. The summed E-state index contributed by atoms with van der Waals surface area (Å²) in [7, 11) is -0.912. The number of nitrogens with one attached hydrogen (secondary N) is 1. The van der Waals surface area contributed by atoms with E-state index < -0.39 is 15.4 Å². The standard InChI is InChI=1S/C15H23NO6S/c1-20-12-3-4-13(21-2)14(9-12)23(18,19)16-10-15(11-17)5-7-22-8-6-15/h3-4,9,16-17H,5-8,10-11H2,1-2H3. The van der Waals surface area contributed by atoms with Gasteiger partial charge in [0, 0.05) is 31.2 Å². The molecule has 7 nitrogen and oxygen atoms in total. The van der Waals surface area contributed by atoms with Gasteiger partial charge in [0.25, 0.3) is 0 Å². The fourth-order valence-electron chi connectivity index (χ4n) is 2.52. The lowest BCUT2D eigenvalue weighted by Gasteiger charge is -2.35. The number of hydrogen-bond donors (Lipinski definition) is 2. The Morgan fingerprint density at radius 3 is 2.52 bits per heavy atom. The monoisotopic (exact) mass is 345 g/mol. The maximum atomic E-state index is 12.6. The maximum Gasteiger partial charge on any atom is 0.244 e. The molecule has 0 atom stereocenters. The van der Waals surface area contributed by atoms with Gasteiger partial charge in [-0.05, 0) is 25.0 Å². The number of benzene rings is 1. The minimum absolute atomic E-state index is 0.0134. The van der Waals surface area contributed by atoms with Crippen molar-refractivity contribution in [1.29, 1.82) is 0 Å². The number of rotatable bonds is 7. The van der Waals surface area contributed by atoms with Gasteiger partial charge in [-0.3, -0.25) is 0 Å². The first-order valence-corrected chi connectivity index (χ1v) is 8.85. The summed E-state index contributed by atoms with van der Waals surface area (Å²) in [6.07, 6.45) is 1.22. The Bertz CT molecular complexity index is 625. The molecule has 2 rings (SSSR count). The van der Waals surface area contributed by atoms with Gasteiger partial charge in [-0.15, -0.1) is 0 Å². The van der Waals surface area contributed by atoms with E-state index in [-0.39, 0.29) is 23.8 Å². The van der Waals surface area contributed by atoms with E-state index in [9.17, 15) is 13.5 Å². The van der Waals surface area contributed by atoms with E-state index in [2.05, 4.69) is 4.72 Å². The largest absolute Gasteiger partial charge is 0.497 e. The zero-order valence-electron chi connectivity index (χ0n) is 13.4. The first-order chi connectivity index (χ1) is 11.0. The molecule has 0 spiro atoms. The summed E-state index contributed by atoms with van der Waals surface area (Å²) >= 11 is 0. The van der Waals surface area contributed by atoms with Crippen LogP contribution in [0, 0.1) is 5.41 Å². The number of aliphatic hydroxyl groups excluding tert-OH is 1. The molecule has 0 radical (unpaired) electrons. The van der Waals surface area contributed by atoms with Crippen LogP contribution in [0.4, 0.5) is 0 Å². The lowest BCUT2D eigenvalue weighted by molar-refractivity contribution is -0.0126. The number of sulfonamides is 1. The van der Waals surface area contributed by atoms with Crippen LogP contribution in [0.3, 0.4) is 0 Å². The predicted octanol–water partition coefficient (Wildman–Crippen LogP) is 0.771. The van der Waals surface area contributed by atoms with Gasteiger partial charge in [0.2, 0.25) is 10.0 Å². The second-order valence-electron chi connectivity index (χ2n) is 5.61. The van der Waals surface area contributed by atoms with Crippen LogP contribution in [0.25, 0.3) is 0 Å². The normalized spacial score (nSPS) is 17.7. The van der Waals surface area contributed by atoms with E-state index >= 15 is 0 Å². The molecule has 130 valence electrons. The van der Waals surface area contributed by atoms with Crippen LogP contribution in [-0.4, -0.2) is 54.1 Å². The summed E-state index contributed by atoms with van der Waals surface area (Å²) in [5.41, 5.74) is -0.489. The van der Waals surface area contributed by atoms with Crippen molar-refractivity contribution in [3.8, 4) is 11.5 Å². The lowest BCUT2D eigenvalue weighted by Crippen LogP contribution is -2.43. The zero-order valence-corrected chi connectivity index (χ0v) is 14.2.